The maximum Gasteiger partial charge on any atom is 0.316 e. The highest BCUT2D eigenvalue weighted by molar-refractivity contribution is 5.86. The molecule has 6 nitrogen and oxygen atoms in total. The molecule has 0 aliphatic carbocycles. The maximum atomic E-state index is 12.7. The molecule has 2 heterocycles. The summed E-state index contributed by atoms with van der Waals surface area (Å²) in [5.74, 6) is -0.929. The topological polar surface area (TPSA) is 86.3 Å². The highest BCUT2D eigenvalue weighted by Gasteiger charge is 2.47. The number of nitrogens with one attached hydrogen (secondary N) is 1. The lowest BCUT2D eigenvalue weighted by atomic mass is 9.80. The number of hydrogen-bond acceptors (Lipinski definition) is 3. The van der Waals surface area contributed by atoms with Gasteiger partial charge < -0.3 is 10.0 Å². The number of benzene rings is 1. The third-order valence-corrected chi connectivity index (χ3v) is 4.97. The SMILES string of the molecule is Cc1n[nH]c(C)c1CC(=O)N1CCC(C(=O)O)(c2ccccc2)C1. The fourth-order valence-electron chi connectivity index (χ4n) is 3.41. The number of amides is 1. The van der Waals surface area contributed by atoms with Gasteiger partial charge in [0, 0.05) is 24.3 Å². The van der Waals surface area contributed by atoms with Crippen LogP contribution in [0.5, 0.6) is 0 Å². The van der Waals surface area contributed by atoms with Gasteiger partial charge in [0.05, 0.1) is 12.1 Å². The largest absolute Gasteiger partial charge is 0.481 e. The molecular formula is C18H21N3O3. The van der Waals surface area contributed by atoms with Gasteiger partial charge >= 0.3 is 5.97 Å². The predicted molar refractivity (Wildman–Crippen MR) is 88.7 cm³/mol. The summed E-state index contributed by atoms with van der Waals surface area (Å²) in [5.41, 5.74) is 2.33. The van der Waals surface area contributed by atoms with Gasteiger partial charge in [-0.15, -0.1) is 0 Å². The number of rotatable bonds is 4. The number of aromatic nitrogens is 2. The van der Waals surface area contributed by atoms with Gasteiger partial charge in [-0.2, -0.15) is 5.10 Å². The van der Waals surface area contributed by atoms with E-state index in [1.165, 1.54) is 0 Å². The molecule has 1 fully saturated rings. The number of carbonyl (C=O) groups excluding carboxylic acids is 1. The molecule has 1 aliphatic rings. The number of carbonyl (C=O) groups is 2. The van der Waals surface area contributed by atoms with Gasteiger partial charge in [-0.05, 0) is 25.8 Å². The Labute approximate surface area is 140 Å². The van der Waals surface area contributed by atoms with Crippen molar-refractivity contribution in [1.29, 1.82) is 0 Å². The lowest BCUT2D eigenvalue weighted by Crippen LogP contribution is -2.40. The van der Waals surface area contributed by atoms with E-state index in [-0.39, 0.29) is 18.9 Å². The van der Waals surface area contributed by atoms with Crippen LogP contribution in [0, 0.1) is 13.8 Å². The van der Waals surface area contributed by atoms with Crippen LogP contribution in [0.4, 0.5) is 0 Å². The Bertz CT molecular complexity index is 750. The van der Waals surface area contributed by atoms with Crippen molar-refractivity contribution in [2.24, 2.45) is 0 Å². The summed E-state index contributed by atoms with van der Waals surface area (Å²) in [6.45, 7) is 4.41. The van der Waals surface area contributed by atoms with Crippen LogP contribution in [0.1, 0.15) is 28.9 Å². The lowest BCUT2D eigenvalue weighted by molar-refractivity contribution is -0.143. The van der Waals surface area contributed by atoms with E-state index in [0.29, 0.717) is 13.0 Å². The highest BCUT2D eigenvalue weighted by Crippen LogP contribution is 2.35. The smallest absolute Gasteiger partial charge is 0.316 e. The molecule has 0 saturated carbocycles. The molecule has 1 aromatic carbocycles. The van der Waals surface area contributed by atoms with E-state index in [0.717, 1.165) is 22.5 Å². The Hall–Kier alpha value is -2.63. The summed E-state index contributed by atoms with van der Waals surface area (Å²) in [7, 11) is 0. The van der Waals surface area contributed by atoms with E-state index < -0.39 is 11.4 Å². The number of H-pyrrole nitrogens is 1. The second-order valence-corrected chi connectivity index (χ2v) is 6.41. The number of carboxylic acids is 1. The van der Waals surface area contributed by atoms with Crippen molar-refractivity contribution in [3.05, 3.63) is 52.8 Å². The van der Waals surface area contributed by atoms with E-state index >= 15 is 0 Å². The summed E-state index contributed by atoms with van der Waals surface area (Å²) in [6.07, 6.45) is 0.681. The van der Waals surface area contributed by atoms with Crippen molar-refractivity contribution in [3.8, 4) is 0 Å². The minimum Gasteiger partial charge on any atom is -0.481 e. The average molecular weight is 327 g/mol. The van der Waals surface area contributed by atoms with E-state index in [1.54, 1.807) is 4.90 Å². The summed E-state index contributed by atoms with van der Waals surface area (Å²) >= 11 is 0. The van der Waals surface area contributed by atoms with Gasteiger partial charge in [0.2, 0.25) is 5.91 Å². The molecule has 3 rings (SSSR count). The molecule has 1 amide bonds. The minimum absolute atomic E-state index is 0.0540. The standard InChI is InChI=1S/C18H21N3O3/c1-12-15(13(2)20-19-12)10-16(22)21-9-8-18(11-21,17(23)24)14-6-4-3-5-7-14/h3-7H,8-11H2,1-2H3,(H,19,20)(H,23,24). The molecule has 1 saturated heterocycles. The molecule has 1 aliphatic heterocycles. The van der Waals surface area contributed by atoms with Crippen LogP contribution in [0.3, 0.4) is 0 Å². The van der Waals surface area contributed by atoms with Crippen molar-refractivity contribution in [1.82, 2.24) is 15.1 Å². The zero-order valence-electron chi connectivity index (χ0n) is 13.9. The normalized spacial score (nSPS) is 20.3. The molecule has 1 unspecified atom stereocenters. The summed E-state index contributed by atoms with van der Waals surface area (Å²) in [4.78, 5) is 26.3. The average Bonchev–Trinajstić information content (AvgIpc) is 3.16. The fourth-order valence-corrected chi connectivity index (χ4v) is 3.41. The molecule has 0 radical (unpaired) electrons. The lowest BCUT2D eigenvalue weighted by Gasteiger charge is -2.25. The van der Waals surface area contributed by atoms with Crippen LogP contribution in [0.2, 0.25) is 0 Å². The number of hydrogen-bond donors (Lipinski definition) is 2. The monoisotopic (exact) mass is 327 g/mol. The zero-order chi connectivity index (χ0) is 17.3. The molecule has 2 N–H and O–H groups in total. The van der Waals surface area contributed by atoms with E-state index in [4.69, 9.17) is 0 Å². The van der Waals surface area contributed by atoms with Gasteiger partial charge in [0.1, 0.15) is 5.41 Å². The van der Waals surface area contributed by atoms with Gasteiger partial charge in [0.25, 0.3) is 0 Å². The highest BCUT2D eigenvalue weighted by atomic mass is 16.4. The number of likely N-dealkylation sites (tertiary alicyclic amines) is 1. The van der Waals surface area contributed by atoms with E-state index in [1.807, 2.05) is 44.2 Å². The van der Waals surface area contributed by atoms with Gasteiger partial charge in [-0.3, -0.25) is 14.7 Å². The third kappa shape index (κ3) is 2.68. The maximum absolute atomic E-state index is 12.7. The number of aryl methyl sites for hydroxylation is 2. The number of carboxylic acid groups (broad SMARTS) is 1. The third-order valence-electron chi connectivity index (χ3n) is 4.97. The minimum atomic E-state index is -1.02. The molecule has 0 spiro atoms. The Kier molecular flexibility index (Phi) is 4.13. The molecule has 1 aromatic heterocycles. The van der Waals surface area contributed by atoms with E-state index in [9.17, 15) is 14.7 Å². The number of aromatic amines is 1. The molecule has 6 heteroatoms. The van der Waals surface area contributed by atoms with Crippen LogP contribution in [0.15, 0.2) is 30.3 Å². The second kappa shape index (κ2) is 6.11. The quantitative estimate of drug-likeness (QED) is 0.897. The van der Waals surface area contributed by atoms with Gasteiger partial charge in [-0.25, -0.2) is 0 Å². The molecule has 126 valence electrons. The first kappa shape index (κ1) is 16.2. The van der Waals surface area contributed by atoms with Crippen LogP contribution < -0.4 is 0 Å². The van der Waals surface area contributed by atoms with Crippen LogP contribution >= 0.6 is 0 Å². The fraction of sp³-hybridized carbons (Fsp3) is 0.389. The summed E-state index contributed by atoms with van der Waals surface area (Å²) in [6, 6.07) is 9.19. The van der Waals surface area contributed by atoms with Gasteiger partial charge in [-0.1, -0.05) is 30.3 Å². The Balaban J connectivity index is 1.80. The Morgan fingerprint density at radius 1 is 1.29 bits per heavy atom. The van der Waals surface area contributed by atoms with Gasteiger partial charge in [0.15, 0.2) is 0 Å². The van der Waals surface area contributed by atoms with Crippen LogP contribution in [-0.2, 0) is 21.4 Å². The van der Waals surface area contributed by atoms with E-state index in [2.05, 4.69) is 10.2 Å². The molecule has 1 atom stereocenters. The predicted octanol–water partition coefficient (Wildman–Crippen LogP) is 1.82. The number of aliphatic carboxylic acids is 1. The molecular weight excluding hydrogens is 306 g/mol. The molecule has 2 aromatic rings. The van der Waals surface area contributed by atoms with Crippen molar-refractivity contribution >= 4 is 11.9 Å². The summed E-state index contributed by atoms with van der Waals surface area (Å²) in [5, 5.41) is 16.8. The zero-order valence-corrected chi connectivity index (χ0v) is 13.9. The second-order valence-electron chi connectivity index (χ2n) is 6.41. The Morgan fingerprint density at radius 2 is 2.00 bits per heavy atom. The van der Waals surface area contributed by atoms with Crippen molar-refractivity contribution < 1.29 is 14.7 Å². The molecule has 0 bridgehead atoms. The first-order valence-electron chi connectivity index (χ1n) is 8.01. The van der Waals surface area contributed by atoms with Crippen LogP contribution in [0.25, 0.3) is 0 Å². The Morgan fingerprint density at radius 3 is 2.58 bits per heavy atom. The van der Waals surface area contributed by atoms with Crippen molar-refractivity contribution in [2.75, 3.05) is 13.1 Å². The van der Waals surface area contributed by atoms with Crippen LogP contribution in [-0.4, -0.2) is 45.2 Å². The number of nitrogens with zero attached hydrogens (tertiary/aromatic N) is 2. The first-order valence-corrected chi connectivity index (χ1v) is 8.01. The summed E-state index contributed by atoms with van der Waals surface area (Å²) < 4.78 is 0. The molecule has 24 heavy (non-hydrogen) atoms. The van der Waals surface area contributed by atoms with Crippen molar-refractivity contribution in [3.63, 3.8) is 0 Å². The first-order chi connectivity index (χ1) is 11.4. The van der Waals surface area contributed by atoms with Crippen molar-refractivity contribution in [2.45, 2.75) is 32.1 Å².